The van der Waals surface area contributed by atoms with Crippen molar-refractivity contribution in [1.82, 2.24) is 9.97 Å². The van der Waals surface area contributed by atoms with Gasteiger partial charge in [-0.15, -0.1) is 0 Å². The number of hydrogen-bond acceptors (Lipinski definition) is 5. The number of nitrogens with zero attached hydrogens (tertiary/aromatic N) is 2. The number of alkyl halides is 3. The summed E-state index contributed by atoms with van der Waals surface area (Å²) in [5.41, 5.74) is 12.2. The maximum atomic E-state index is 14.2. The second-order valence-corrected chi connectivity index (χ2v) is 8.81. The molecule has 5 nitrogen and oxygen atoms in total. The third-order valence-electron chi connectivity index (χ3n) is 6.35. The molecule has 0 amide bonds. The third kappa shape index (κ3) is 5.70. The molecular formula is C26H27F5N4O. The zero-order chi connectivity index (χ0) is 25.3. The van der Waals surface area contributed by atoms with Gasteiger partial charge in [0.2, 0.25) is 0 Å². The minimum absolute atomic E-state index is 0. The second kappa shape index (κ2) is 10.7. The number of aromatic nitrogens is 2. The lowest BCUT2D eigenvalue weighted by Gasteiger charge is -2.35. The summed E-state index contributed by atoms with van der Waals surface area (Å²) in [6, 6.07) is 6.97. The molecule has 2 heterocycles. The number of pyridine rings is 2. The highest BCUT2D eigenvalue weighted by atomic mass is 19.4. The first-order valence-corrected chi connectivity index (χ1v) is 11.0. The Morgan fingerprint density at radius 1 is 1.03 bits per heavy atom. The van der Waals surface area contributed by atoms with E-state index in [9.17, 15) is 26.7 Å². The van der Waals surface area contributed by atoms with Crippen LogP contribution in [0.5, 0.6) is 0 Å². The highest BCUT2D eigenvalue weighted by Crippen LogP contribution is 2.44. The molecule has 1 fully saturated rings. The number of anilines is 1. The average Bonchev–Trinajstić information content (AvgIpc) is 2.79. The van der Waals surface area contributed by atoms with E-state index < -0.39 is 47.0 Å². The molecule has 36 heavy (non-hydrogen) atoms. The van der Waals surface area contributed by atoms with Crippen LogP contribution in [0, 0.1) is 17.6 Å². The van der Waals surface area contributed by atoms with Crippen molar-refractivity contribution in [3.05, 3.63) is 77.2 Å². The van der Waals surface area contributed by atoms with E-state index in [4.69, 9.17) is 11.5 Å². The first kappa shape index (κ1) is 27.2. The summed E-state index contributed by atoms with van der Waals surface area (Å²) < 4.78 is 68.7. The largest absolute Gasteiger partial charge is 0.397 e. The Kier molecular flexibility index (Phi) is 8.08. The number of Topliss-reactive ketones (excluding diaryl/α,β-unsaturated/α-hetero) is 1. The average molecular weight is 507 g/mol. The molecule has 0 saturated heterocycles. The molecule has 0 spiro atoms. The Morgan fingerprint density at radius 2 is 1.72 bits per heavy atom. The molecule has 0 unspecified atom stereocenters. The minimum atomic E-state index is -4.36. The number of ketones is 1. The Labute approximate surface area is 205 Å². The SMILES string of the molecule is C.Nc1ccc(-c2c(F)cccc2F)nc1C(=O)Cc1cnccc1[C@H]1C[C@@H](N)C[C@@H](C(F)(F)F)C1. The zero-order valence-electron chi connectivity index (χ0n) is 18.5. The number of hydrogen-bond donors (Lipinski definition) is 2. The molecule has 0 aliphatic heterocycles. The van der Waals surface area contributed by atoms with E-state index in [0.29, 0.717) is 17.5 Å². The van der Waals surface area contributed by atoms with Crippen LogP contribution in [0.1, 0.15) is 54.2 Å². The van der Waals surface area contributed by atoms with Crippen molar-refractivity contribution >= 4 is 11.5 Å². The third-order valence-corrected chi connectivity index (χ3v) is 6.35. The first-order valence-electron chi connectivity index (χ1n) is 11.0. The monoisotopic (exact) mass is 506 g/mol. The van der Waals surface area contributed by atoms with Gasteiger partial charge in [-0.1, -0.05) is 13.5 Å². The van der Waals surface area contributed by atoms with Gasteiger partial charge in [-0.3, -0.25) is 9.78 Å². The molecule has 1 aliphatic carbocycles. The molecule has 4 N–H and O–H groups in total. The smallest absolute Gasteiger partial charge is 0.391 e. The van der Waals surface area contributed by atoms with Crippen molar-refractivity contribution in [2.45, 2.75) is 51.2 Å². The number of nitrogen functional groups attached to an aromatic ring is 1. The first-order chi connectivity index (χ1) is 16.5. The second-order valence-electron chi connectivity index (χ2n) is 8.81. The fraction of sp³-hybridized carbons (Fsp3) is 0.346. The van der Waals surface area contributed by atoms with Crippen LogP contribution in [0.15, 0.2) is 48.8 Å². The summed E-state index contributed by atoms with van der Waals surface area (Å²) in [5.74, 6) is -4.27. The summed E-state index contributed by atoms with van der Waals surface area (Å²) in [6.45, 7) is 0. The molecule has 10 heteroatoms. The van der Waals surface area contributed by atoms with Gasteiger partial charge in [0.15, 0.2) is 5.78 Å². The number of rotatable bonds is 5. The standard InChI is InChI=1S/C25H23F5N4O.CH4/c26-18-2-1-3-19(27)23(18)21-5-4-20(32)24(34-21)22(35)10-14-12-33-7-6-17(14)13-8-15(25(28,29)30)11-16(31)9-13;/h1-7,12-13,15-16H,8-11,31-32H2;1H4/t13-,15+,16-;/m1./s1. The van der Waals surface area contributed by atoms with Gasteiger partial charge in [0.05, 0.1) is 22.9 Å². The number of nitrogens with two attached hydrogens (primary N) is 2. The van der Waals surface area contributed by atoms with E-state index in [-0.39, 0.29) is 43.8 Å². The molecule has 1 saturated carbocycles. The van der Waals surface area contributed by atoms with Gasteiger partial charge in [-0.25, -0.2) is 13.8 Å². The fourth-order valence-electron chi connectivity index (χ4n) is 4.70. The van der Waals surface area contributed by atoms with Gasteiger partial charge in [0, 0.05) is 24.9 Å². The summed E-state index contributed by atoms with van der Waals surface area (Å²) >= 11 is 0. The van der Waals surface area contributed by atoms with Crippen molar-refractivity contribution in [2.75, 3.05) is 5.73 Å². The molecule has 3 atom stereocenters. The van der Waals surface area contributed by atoms with Gasteiger partial charge in [-0.2, -0.15) is 13.2 Å². The van der Waals surface area contributed by atoms with Crippen LogP contribution in [0.3, 0.4) is 0 Å². The van der Waals surface area contributed by atoms with E-state index >= 15 is 0 Å². The van der Waals surface area contributed by atoms with Crippen LogP contribution in [0.4, 0.5) is 27.6 Å². The van der Waals surface area contributed by atoms with Crippen molar-refractivity contribution in [1.29, 1.82) is 0 Å². The van der Waals surface area contributed by atoms with Crippen LogP contribution in [-0.4, -0.2) is 28.0 Å². The molecule has 0 radical (unpaired) electrons. The molecule has 2 aromatic heterocycles. The number of carbonyl (C=O) groups is 1. The van der Waals surface area contributed by atoms with Crippen molar-refractivity contribution in [3.63, 3.8) is 0 Å². The number of benzene rings is 1. The Balaban J connectivity index is 0.00000361. The van der Waals surface area contributed by atoms with Gasteiger partial charge in [0.25, 0.3) is 0 Å². The van der Waals surface area contributed by atoms with Crippen LogP contribution in [0.25, 0.3) is 11.3 Å². The molecule has 3 aromatic rings. The molecule has 4 rings (SSSR count). The Morgan fingerprint density at radius 3 is 2.39 bits per heavy atom. The van der Waals surface area contributed by atoms with Crippen LogP contribution < -0.4 is 11.5 Å². The predicted molar refractivity (Wildman–Crippen MR) is 127 cm³/mol. The minimum Gasteiger partial charge on any atom is -0.397 e. The molecule has 1 aromatic carbocycles. The molecule has 0 bridgehead atoms. The van der Waals surface area contributed by atoms with Crippen LogP contribution >= 0.6 is 0 Å². The maximum Gasteiger partial charge on any atom is 0.391 e. The van der Waals surface area contributed by atoms with Gasteiger partial charge < -0.3 is 11.5 Å². The van der Waals surface area contributed by atoms with E-state index in [2.05, 4.69) is 9.97 Å². The fourth-order valence-corrected chi connectivity index (χ4v) is 4.70. The molecule has 192 valence electrons. The lowest BCUT2D eigenvalue weighted by atomic mass is 9.74. The summed E-state index contributed by atoms with van der Waals surface area (Å²) in [6.07, 6.45) is -1.65. The maximum absolute atomic E-state index is 14.2. The van der Waals surface area contributed by atoms with Crippen LogP contribution in [-0.2, 0) is 6.42 Å². The topological polar surface area (TPSA) is 94.9 Å². The van der Waals surface area contributed by atoms with Crippen molar-refractivity contribution in [2.24, 2.45) is 11.7 Å². The Hall–Kier alpha value is -3.40. The Bertz CT molecular complexity index is 1230. The normalized spacial score (nSPS) is 20.0. The van der Waals surface area contributed by atoms with E-state index in [1.165, 1.54) is 30.6 Å². The van der Waals surface area contributed by atoms with Crippen molar-refractivity contribution in [3.8, 4) is 11.3 Å². The van der Waals surface area contributed by atoms with E-state index in [1.54, 1.807) is 6.07 Å². The van der Waals surface area contributed by atoms with Crippen molar-refractivity contribution < 1.29 is 26.7 Å². The lowest BCUT2D eigenvalue weighted by molar-refractivity contribution is -0.184. The van der Waals surface area contributed by atoms with Gasteiger partial charge >= 0.3 is 6.18 Å². The van der Waals surface area contributed by atoms with Crippen LogP contribution in [0.2, 0.25) is 0 Å². The van der Waals surface area contributed by atoms with E-state index in [0.717, 1.165) is 12.1 Å². The summed E-state index contributed by atoms with van der Waals surface area (Å²) in [4.78, 5) is 21.3. The number of carbonyl (C=O) groups excluding carboxylic acids is 1. The van der Waals surface area contributed by atoms with E-state index in [1.807, 2.05) is 0 Å². The highest BCUT2D eigenvalue weighted by Gasteiger charge is 2.44. The quantitative estimate of drug-likeness (QED) is 0.335. The summed E-state index contributed by atoms with van der Waals surface area (Å²) in [5, 5.41) is 0. The molecule has 1 aliphatic rings. The van der Waals surface area contributed by atoms with Gasteiger partial charge in [0.1, 0.15) is 17.3 Å². The number of halogens is 5. The zero-order valence-corrected chi connectivity index (χ0v) is 18.5. The molecular weight excluding hydrogens is 479 g/mol. The lowest BCUT2D eigenvalue weighted by Crippen LogP contribution is -2.38. The summed E-state index contributed by atoms with van der Waals surface area (Å²) in [7, 11) is 0. The van der Waals surface area contributed by atoms with Gasteiger partial charge in [-0.05, 0) is 66.6 Å². The highest BCUT2D eigenvalue weighted by molar-refractivity contribution is 6.00. The predicted octanol–water partition coefficient (Wildman–Crippen LogP) is 5.84.